The van der Waals surface area contributed by atoms with Gasteiger partial charge in [-0.2, -0.15) is 0 Å². The highest BCUT2D eigenvalue weighted by atomic mass is 16.5. The first-order chi connectivity index (χ1) is 17.3. The SMILES string of the molecule is Cc1cccc(COc2ccc(/C(O)=C3\C(=O)C(=O)N(CCCN(C)C)[C@@H]3c3ccncc3)cc2)c1. The molecule has 0 aliphatic carbocycles. The molecule has 4 rings (SSSR count). The number of nitrogens with zero attached hydrogens (tertiary/aromatic N) is 3. The minimum absolute atomic E-state index is 0.0875. The molecule has 1 N–H and O–H groups in total. The summed E-state index contributed by atoms with van der Waals surface area (Å²) in [6, 6.07) is 17.9. The molecule has 3 aromatic rings. The lowest BCUT2D eigenvalue weighted by atomic mass is 9.96. The third kappa shape index (κ3) is 5.63. The van der Waals surface area contributed by atoms with Gasteiger partial charge in [0.2, 0.25) is 0 Å². The number of aryl methyl sites for hydroxylation is 1. The van der Waals surface area contributed by atoms with Crippen LogP contribution in [-0.2, 0) is 16.2 Å². The van der Waals surface area contributed by atoms with Crippen LogP contribution in [0, 0.1) is 6.92 Å². The van der Waals surface area contributed by atoms with E-state index < -0.39 is 17.7 Å². The summed E-state index contributed by atoms with van der Waals surface area (Å²) in [4.78, 5) is 33.7. The molecule has 0 spiro atoms. The van der Waals surface area contributed by atoms with E-state index in [1.54, 1.807) is 53.7 Å². The third-order valence-corrected chi connectivity index (χ3v) is 6.18. The van der Waals surface area contributed by atoms with Crippen LogP contribution in [0.5, 0.6) is 5.75 Å². The van der Waals surface area contributed by atoms with Crippen LogP contribution in [0.2, 0.25) is 0 Å². The van der Waals surface area contributed by atoms with Gasteiger partial charge in [-0.15, -0.1) is 0 Å². The molecule has 186 valence electrons. The number of Topliss-reactive ketones (excluding diaryl/α,β-unsaturated/α-hetero) is 1. The van der Waals surface area contributed by atoms with E-state index in [1.165, 1.54) is 5.56 Å². The van der Waals surface area contributed by atoms with Crippen molar-refractivity contribution >= 4 is 17.4 Å². The average Bonchev–Trinajstić information content (AvgIpc) is 3.13. The molecular formula is C29H31N3O4. The Balaban J connectivity index is 1.60. The van der Waals surface area contributed by atoms with Gasteiger partial charge in [0.1, 0.15) is 18.1 Å². The largest absolute Gasteiger partial charge is 0.507 e. The lowest BCUT2D eigenvalue weighted by molar-refractivity contribution is -0.139. The second-order valence-electron chi connectivity index (χ2n) is 9.23. The van der Waals surface area contributed by atoms with Crippen LogP contribution in [0.15, 0.2) is 78.6 Å². The van der Waals surface area contributed by atoms with E-state index in [-0.39, 0.29) is 11.3 Å². The Labute approximate surface area is 211 Å². The number of hydrogen-bond donors (Lipinski definition) is 1. The molecule has 1 aromatic heterocycles. The first kappa shape index (κ1) is 25.1. The van der Waals surface area contributed by atoms with Gasteiger partial charge in [-0.05, 0) is 81.5 Å². The van der Waals surface area contributed by atoms with Gasteiger partial charge >= 0.3 is 0 Å². The Hall–Kier alpha value is -3.97. The van der Waals surface area contributed by atoms with Gasteiger partial charge in [0.05, 0.1) is 11.6 Å². The molecule has 2 heterocycles. The highest BCUT2D eigenvalue weighted by Gasteiger charge is 2.45. The second kappa shape index (κ2) is 11.2. The smallest absolute Gasteiger partial charge is 0.295 e. The lowest BCUT2D eigenvalue weighted by Crippen LogP contribution is -2.32. The Kier molecular flexibility index (Phi) is 7.80. The van der Waals surface area contributed by atoms with Gasteiger partial charge < -0.3 is 19.6 Å². The van der Waals surface area contributed by atoms with E-state index in [1.807, 2.05) is 44.1 Å². The molecule has 0 unspecified atom stereocenters. The molecule has 1 aliphatic rings. The number of aromatic nitrogens is 1. The topological polar surface area (TPSA) is 83.0 Å². The van der Waals surface area contributed by atoms with Crippen molar-refractivity contribution in [3.05, 3.63) is 101 Å². The molecule has 1 saturated heterocycles. The third-order valence-electron chi connectivity index (χ3n) is 6.18. The van der Waals surface area contributed by atoms with Gasteiger partial charge in [-0.3, -0.25) is 14.6 Å². The van der Waals surface area contributed by atoms with E-state index in [0.29, 0.717) is 30.9 Å². The van der Waals surface area contributed by atoms with Crippen LogP contribution in [0.1, 0.15) is 34.7 Å². The number of hydrogen-bond acceptors (Lipinski definition) is 6. The highest BCUT2D eigenvalue weighted by Crippen LogP contribution is 2.39. The molecule has 1 aliphatic heterocycles. The van der Waals surface area contributed by atoms with Gasteiger partial charge in [-0.25, -0.2) is 0 Å². The normalized spacial score (nSPS) is 17.1. The first-order valence-corrected chi connectivity index (χ1v) is 12.0. The maximum absolute atomic E-state index is 13.1. The van der Waals surface area contributed by atoms with Crippen molar-refractivity contribution in [1.29, 1.82) is 0 Å². The Morgan fingerprint density at radius 3 is 2.44 bits per heavy atom. The van der Waals surface area contributed by atoms with Crippen LogP contribution in [0.4, 0.5) is 0 Å². The number of ketones is 1. The van der Waals surface area contributed by atoms with Crippen molar-refractivity contribution in [2.45, 2.75) is 26.0 Å². The van der Waals surface area contributed by atoms with E-state index >= 15 is 0 Å². The van der Waals surface area contributed by atoms with Crippen molar-refractivity contribution < 1.29 is 19.4 Å². The van der Waals surface area contributed by atoms with Crippen LogP contribution < -0.4 is 4.74 Å². The van der Waals surface area contributed by atoms with Crippen LogP contribution >= 0.6 is 0 Å². The summed E-state index contributed by atoms with van der Waals surface area (Å²) in [6.07, 6.45) is 3.94. The molecule has 0 saturated carbocycles. The summed E-state index contributed by atoms with van der Waals surface area (Å²) in [5.41, 5.74) is 3.49. The van der Waals surface area contributed by atoms with E-state index in [9.17, 15) is 14.7 Å². The number of likely N-dealkylation sites (tertiary alicyclic amines) is 1. The summed E-state index contributed by atoms with van der Waals surface area (Å²) in [7, 11) is 3.92. The number of carbonyl (C=O) groups is 2. The molecule has 0 bridgehead atoms. The summed E-state index contributed by atoms with van der Waals surface area (Å²) >= 11 is 0. The number of aliphatic hydroxyl groups is 1. The first-order valence-electron chi connectivity index (χ1n) is 12.0. The van der Waals surface area contributed by atoms with Gasteiger partial charge in [-0.1, -0.05) is 29.8 Å². The number of pyridine rings is 1. The summed E-state index contributed by atoms with van der Waals surface area (Å²) in [5.74, 6) is -0.840. The van der Waals surface area contributed by atoms with E-state index in [0.717, 1.165) is 17.7 Å². The Bertz CT molecular complexity index is 1250. The number of carbonyl (C=O) groups excluding carboxylic acids is 2. The van der Waals surface area contributed by atoms with Crippen LogP contribution in [0.3, 0.4) is 0 Å². The predicted octanol–water partition coefficient (Wildman–Crippen LogP) is 4.34. The summed E-state index contributed by atoms with van der Waals surface area (Å²) < 4.78 is 5.88. The summed E-state index contributed by atoms with van der Waals surface area (Å²) in [6.45, 7) is 3.63. The second-order valence-corrected chi connectivity index (χ2v) is 9.23. The standard InChI is InChI=1S/C29H31N3O4/c1-20-6-4-7-21(18-20)19-36-24-10-8-23(9-11-24)27(33)25-26(22-12-14-30-15-13-22)32(29(35)28(25)34)17-5-16-31(2)3/h4,6-15,18,26,33H,5,16-17,19H2,1-3H3/b27-25+/t26-/m1/s1. The number of benzene rings is 2. The fourth-order valence-electron chi connectivity index (χ4n) is 4.39. The fraction of sp³-hybridized carbons (Fsp3) is 0.276. The Morgan fingerprint density at radius 2 is 1.78 bits per heavy atom. The van der Waals surface area contributed by atoms with Gasteiger partial charge in [0.15, 0.2) is 0 Å². The monoisotopic (exact) mass is 485 g/mol. The van der Waals surface area contributed by atoms with Crippen molar-refractivity contribution in [2.24, 2.45) is 0 Å². The van der Waals surface area contributed by atoms with Gasteiger partial charge in [0.25, 0.3) is 11.7 Å². The molecule has 36 heavy (non-hydrogen) atoms. The minimum Gasteiger partial charge on any atom is -0.507 e. The molecular weight excluding hydrogens is 454 g/mol. The molecule has 2 aromatic carbocycles. The Morgan fingerprint density at radius 1 is 1.06 bits per heavy atom. The number of ether oxygens (including phenoxy) is 1. The zero-order valence-corrected chi connectivity index (χ0v) is 20.8. The predicted molar refractivity (Wildman–Crippen MR) is 138 cm³/mol. The van der Waals surface area contributed by atoms with Crippen molar-refractivity contribution in [1.82, 2.24) is 14.8 Å². The zero-order valence-electron chi connectivity index (χ0n) is 20.8. The maximum Gasteiger partial charge on any atom is 0.295 e. The zero-order chi connectivity index (χ0) is 25.7. The van der Waals surface area contributed by atoms with E-state index in [4.69, 9.17) is 4.74 Å². The van der Waals surface area contributed by atoms with E-state index in [2.05, 4.69) is 11.1 Å². The molecule has 7 nitrogen and oxygen atoms in total. The van der Waals surface area contributed by atoms with Crippen molar-refractivity contribution in [3.63, 3.8) is 0 Å². The number of rotatable bonds is 9. The molecule has 0 radical (unpaired) electrons. The van der Waals surface area contributed by atoms with Crippen molar-refractivity contribution in [2.75, 3.05) is 27.2 Å². The number of aliphatic hydroxyl groups excluding tert-OH is 1. The fourth-order valence-corrected chi connectivity index (χ4v) is 4.39. The van der Waals surface area contributed by atoms with Gasteiger partial charge in [0, 0.05) is 24.5 Å². The van der Waals surface area contributed by atoms with Crippen LogP contribution in [0.25, 0.3) is 5.76 Å². The summed E-state index contributed by atoms with van der Waals surface area (Å²) in [5, 5.41) is 11.2. The van der Waals surface area contributed by atoms with Crippen LogP contribution in [-0.4, -0.2) is 58.8 Å². The van der Waals surface area contributed by atoms with Crippen molar-refractivity contribution in [3.8, 4) is 5.75 Å². The maximum atomic E-state index is 13.1. The minimum atomic E-state index is -0.682. The molecule has 1 fully saturated rings. The highest BCUT2D eigenvalue weighted by molar-refractivity contribution is 6.46. The molecule has 1 amide bonds. The quantitative estimate of drug-likeness (QED) is 0.276. The molecule has 7 heteroatoms. The average molecular weight is 486 g/mol. The lowest BCUT2D eigenvalue weighted by Gasteiger charge is -2.25. The molecule has 1 atom stereocenters. The number of amides is 1.